The molecule has 4 aliphatic heterocycles. The van der Waals surface area contributed by atoms with Crippen LogP contribution < -0.4 is 0 Å². The van der Waals surface area contributed by atoms with Crippen LogP contribution in [0.4, 0.5) is 0 Å². The van der Waals surface area contributed by atoms with Crippen molar-refractivity contribution < 1.29 is 29.3 Å². The summed E-state index contributed by atoms with van der Waals surface area (Å²) < 4.78 is 16.2. The highest BCUT2D eigenvalue weighted by Crippen LogP contribution is 2.61. The number of carbonyl (C=O) groups excluding carboxylic acids is 2. The van der Waals surface area contributed by atoms with Gasteiger partial charge in [0, 0.05) is 102 Å². The molecule has 2 unspecified atom stereocenters. The van der Waals surface area contributed by atoms with Gasteiger partial charge in [-0.3, -0.25) is 29.2 Å². The maximum absolute atomic E-state index is 16.8. The van der Waals surface area contributed by atoms with Crippen LogP contribution in [0.3, 0.4) is 0 Å². The van der Waals surface area contributed by atoms with E-state index >= 15 is 9.59 Å². The first-order chi connectivity index (χ1) is 45.2. The fourth-order valence-corrected chi connectivity index (χ4v) is 21.6. The number of piperidine rings is 4. The third-order valence-corrected chi connectivity index (χ3v) is 31.1. The summed E-state index contributed by atoms with van der Waals surface area (Å²) in [6, 6.07) is 9.37. The number of rotatable bonds is 28. The van der Waals surface area contributed by atoms with Crippen LogP contribution in [-0.4, -0.2) is 125 Å². The molecule has 4 aliphatic rings. The number of ether oxygens (including phenoxy) is 2. The van der Waals surface area contributed by atoms with E-state index in [0.717, 1.165) is 138 Å². The lowest BCUT2D eigenvalue weighted by atomic mass is 9.54. The van der Waals surface area contributed by atoms with Crippen LogP contribution in [0.1, 0.15) is 363 Å². The SMILES string of the molecule is CCC(Cc1cc(C(C)(CC)CC)c(O)c(C(C)(CC)CC)c1)C(OC(=O)CC(=O)OC(C(CC)Cc1cc(C(C)(CC)CC)c(O)c(C(C)(CC)CC)c1)(C1CC(C)(C)N(C)C(C)(C)C1)C1CC(C)(C)N(C)C(C)(C)C1)(C1CC(C)(C)N(C)C(C)(C)C1)C1CC(C)(C)N(C)C(C)(C)C1. The van der Waals surface area contributed by atoms with Crippen molar-refractivity contribution in [3.63, 3.8) is 0 Å². The summed E-state index contributed by atoms with van der Waals surface area (Å²) in [5.41, 5.74) is 1.23. The van der Waals surface area contributed by atoms with Gasteiger partial charge in [-0.15, -0.1) is 0 Å². The number of hydrogen-bond acceptors (Lipinski definition) is 10. The van der Waals surface area contributed by atoms with E-state index in [1.54, 1.807) is 0 Å². The molecule has 0 aliphatic carbocycles. The maximum Gasteiger partial charge on any atom is 0.317 e. The quantitative estimate of drug-likeness (QED) is 0.0632. The molecular weight excluding hydrogens is 1220 g/mol. The third kappa shape index (κ3) is 15.9. The molecule has 2 atom stereocenters. The molecule has 4 fully saturated rings. The average molecular weight is 1380 g/mol. The summed E-state index contributed by atoms with van der Waals surface area (Å²) in [4.78, 5) is 43.9. The highest BCUT2D eigenvalue weighted by molar-refractivity contribution is 5.91. The normalized spacial score (nSPS) is 23.1. The molecule has 0 aromatic heterocycles. The number of hydrogen-bond donors (Lipinski definition) is 2. The lowest BCUT2D eigenvalue weighted by Crippen LogP contribution is -2.69. The van der Waals surface area contributed by atoms with Gasteiger partial charge in [0.1, 0.15) is 29.1 Å². The number of nitrogens with zero attached hydrogens (tertiary/aromatic N) is 4. The highest BCUT2D eigenvalue weighted by atomic mass is 16.6. The predicted octanol–water partition coefficient (Wildman–Crippen LogP) is 21.8. The van der Waals surface area contributed by atoms with Crippen molar-refractivity contribution in [2.24, 2.45) is 35.5 Å². The summed E-state index contributed by atoms with van der Waals surface area (Å²) in [6.45, 7) is 70.2. The zero-order chi connectivity index (χ0) is 75.6. The summed E-state index contributed by atoms with van der Waals surface area (Å²) in [7, 11) is 9.13. The van der Waals surface area contributed by atoms with Crippen molar-refractivity contribution in [3.05, 3.63) is 57.6 Å². The van der Waals surface area contributed by atoms with E-state index in [0.29, 0.717) is 24.3 Å². The molecule has 4 saturated heterocycles. The van der Waals surface area contributed by atoms with Crippen LogP contribution in [0.15, 0.2) is 24.3 Å². The van der Waals surface area contributed by atoms with Crippen molar-refractivity contribution in [2.45, 2.75) is 420 Å². The van der Waals surface area contributed by atoms with Crippen LogP contribution in [0.5, 0.6) is 11.5 Å². The minimum Gasteiger partial charge on any atom is -0.507 e. The predicted molar refractivity (Wildman–Crippen MR) is 420 cm³/mol. The van der Waals surface area contributed by atoms with E-state index in [9.17, 15) is 10.2 Å². The van der Waals surface area contributed by atoms with Gasteiger partial charge in [-0.05, 0) is 300 Å². The van der Waals surface area contributed by atoms with Crippen molar-refractivity contribution in [3.8, 4) is 11.5 Å². The largest absolute Gasteiger partial charge is 0.507 e. The Bertz CT molecular complexity index is 2650. The summed E-state index contributed by atoms with van der Waals surface area (Å²) in [6.07, 6.45) is 15.9. The Morgan fingerprint density at radius 1 is 0.374 bits per heavy atom. The Morgan fingerprint density at radius 3 is 0.697 bits per heavy atom. The van der Waals surface area contributed by atoms with Crippen LogP contribution in [0.25, 0.3) is 0 Å². The van der Waals surface area contributed by atoms with Crippen molar-refractivity contribution >= 4 is 11.9 Å². The zero-order valence-electron chi connectivity index (χ0n) is 70.9. The Kier molecular flexibility index (Phi) is 25.4. The Labute approximate surface area is 610 Å². The zero-order valence-corrected chi connectivity index (χ0v) is 70.9. The van der Waals surface area contributed by atoms with Gasteiger partial charge in [-0.2, -0.15) is 0 Å². The van der Waals surface area contributed by atoms with Gasteiger partial charge in [-0.25, -0.2) is 0 Å². The summed E-state index contributed by atoms with van der Waals surface area (Å²) in [5.74, 6) is -0.720. The van der Waals surface area contributed by atoms with E-state index in [2.05, 4.69) is 280 Å². The molecular formula is C89H156N4O6. The first-order valence-corrected chi connectivity index (χ1v) is 40.3. The first kappa shape index (κ1) is 84.8. The molecule has 2 aromatic rings. The summed E-state index contributed by atoms with van der Waals surface area (Å²) >= 11 is 0. The Hall–Kier alpha value is -3.18. The van der Waals surface area contributed by atoms with E-state index in [1.807, 2.05) is 0 Å². The monoisotopic (exact) mass is 1380 g/mol. The number of benzene rings is 2. The van der Waals surface area contributed by atoms with Gasteiger partial charge in [-0.1, -0.05) is 121 Å². The van der Waals surface area contributed by atoms with Gasteiger partial charge < -0.3 is 19.7 Å². The van der Waals surface area contributed by atoms with E-state index < -0.39 is 29.6 Å². The first-order valence-electron chi connectivity index (χ1n) is 40.3. The molecule has 99 heavy (non-hydrogen) atoms. The fourth-order valence-electron chi connectivity index (χ4n) is 21.6. The Balaban J connectivity index is 1.71. The molecule has 2 N–H and O–H groups in total. The molecule has 6 rings (SSSR count). The number of carbonyl (C=O) groups is 2. The van der Waals surface area contributed by atoms with Crippen LogP contribution in [0, 0.1) is 35.5 Å². The second-order valence-corrected chi connectivity index (χ2v) is 39.8. The standard InChI is InChI=1S/C89H156N4O6/c1-35-62(45-60-47-68(84(27,37-3)38-4)74(96)69(48-60)85(28,39-5)40-6)88(64-52-76(11,12)90(31)77(13,14)53-64,65-54-78(15,16)91(32)79(17,18)55-65)98-72(94)51-73(95)99-89(66-56-80(19,20)92(33)81(21,22)57-66,67-58-82(23,24)93(34)83(25,26)59-67)63(36-2)46-61-49-70(86(29,41-7)42-8)75(97)71(50-61)87(30,43-9)44-10/h47-50,62-67,96-97H,35-46,51-59H2,1-34H3. The van der Waals surface area contributed by atoms with Gasteiger partial charge in [0.05, 0.1) is 0 Å². The maximum atomic E-state index is 16.8. The average Bonchev–Trinajstić information content (AvgIpc) is 0.720. The third-order valence-electron chi connectivity index (χ3n) is 31.1. The van der Waals surface area contributed by atoms with E-state index in [4.69, 9.17) is 9.47 Å². The number of phenols is 2. The van der Waals surface area contributed by atoms with Gasteiger partial charge in [0.15, 0.2) is 0 Å². The molecule has 0 spiro atoms. The van der Waals surface area contributed by atoms with Crippen LogP contribution in [0.2, 0.25) is 0 Å². The smallest absolute Gasteiger partial charge is 0.317 e. The lowest BCUT2D eigenvalue weighted by molar-refractivity contribution is -0.229. The van der Waals surface area contributed by atoms with Crippen LogP contribution >= 0.6 is 0 Å². The minimum absolute atomic E-state index is 0.0756. The van der Waals surface area contributed by atoms with Gasteiger partial charge in [0.25, 0.3) is 0 Å². The van der Waals surface area contributed by atoms with Crippen molar-refractivity contribution in [2.75, 3.05) is 28.2 Å². The molecule has 0 amide bonds. The lowest BCUT2D eigenvalue weighted by Gasteiger charge is -2.64. The molecule has 2 aromatic carbocycles. The Morgan fingerprint density at radius 2 is 0.545 bits per heavy atom. The topological polar surface area (TPSA) is 106 Å². The number of likely N-dealkylation sites (tertiary alicyclic amines) is 4. The molecule has 0 bridgehead atoms. The minimum atomic E-state index is -1.04. The second kappa shape index (κ2) is 29.6. The molecule has 568 valence electrons. The second-order valence-electron chi connectivity index (χ2n) is 39.8. The van der Waals surface area contributed by atoms with E-state index in [1.165, 1.54) is 11.1 Å². The highest BCUT2D eigenvalue weighted by Gasteiger charge is 2.65. The number of esters is 2. The van der Waals surface area contributed by atoms with Gasteiger partial charge in [0.2, 0.25) is 0 Å². The van der Waals surface area contributed by atoms with Crippen LogP contribution in [-0.2, 0) is 53.6 Å². The molecule has 10 nitrogen and oxygen atoms in total. The molecule has 0 saturated carbocycles. The number of phenolic OH excluding ortho intramolecular Hbond substituents is 2. The van der Waals surface area contributed by atoms with E-state index in [-0.39, 0.29) is 101 Å². The molecule has 0 radical (unpaired) electrons. The number of aromatic hydroxyl groups is 2. The van der Waals surface area contributed by atoms with Gasteiger partial charge >= 0.3 is 11.9 Å². The van der Waals surface area contributed by atoms with Crippen molar-refractivity contribution in [1.82, 2.24) is 19.6 Å². The molecule has 4 heterocycles. The fraction of sp³-hybridized carbons (Fsp3) is 0.843. The molecule has 10 heteroatoms. The summed E-state index contributed by atoms with van der Waals surface area (Å²) in [5, 5.41) is 25.5. The van der Waals surface area contributed by atoms with Crippen molar-refractivity contribution in [1.29, 1.82) is 0 Å².